The highest BCUT2D eigenvalue weighted by atomic mass is 35.5. The average Bonchev–Trinajstić information content (AvgIpc) is 3.08. The zero-order valence-corrected chi connectivity index (χ0v) is 13.6. The van der Waals surface area contributed by atoms with Crippen molar-refractivity contribution in [3.05, 3.63) is 59.6 Å². The maximum atomic E-state index is 12.0. The third-order valence-electron chi connectivity index (χ3n) is 3.28. The number of aromatic amines is 1. The molecule has 0 bridgehead atoms. The van der Waals surface area contributed by atoms with Gasteiger partial charge in [-0.15, -0.1) is 0 Å². The molecule has 122 valence electrons. The first-order valence-corrected chi connectivity index (χ1v) is 7.65. The van der Waals surface area contributed by atoms with Crippen LogP contribution in [0.2, 0.25) is 5.02 Å². The van der Waals surface area contributed by atoms with Gasteiger partial charge in [-0.1, -0.05) is 11.6 Å². The monoisotopic (exact) mass is 342 g/mol. The zero-order chi connectivity index (χ0) is 16.9. The smallest absolute Gasteiger partial charge is 0.319 e. The number of urea groups is 1. The fourth-order valence-electron chi connectivity index (χ4n) is 2.06. The zero-order valence-electron chi connectivity index (χ0n) is 12.8. The van der Waals surface area contributed by atoms with Crippen molar-refractivity contribution in [3.63, 3.8) is 0 Å². The topological polar surface area (TPSA) is 95.6 Å². The SMILES string of the molecule is C[C@H](NC(=O)Nc1ccc(Cl)cc1)c1nc(-c2cccnc2)n[nH]1. The molecule has 3 rings (SSSR count). The fraction of sp³-hybridized carbons (Fsp3) is 0.125. The molecular weight excluding hydrogens is 328 g/mol. The van der Waals surface area contributed by atoms with Crippen LogP contribution in [-0.2, 0) is 0 Å². The number of anilines is 1. The molecular formula is C16H15ClN6O. The van der Waals surface area contributed by atoms with E-state index in [9.17, 15) is 4.79 Å². The van der Waals surface area contributed by atoms with Gasteiger partial charge in [0.25, 0.3) is 0 Å². The Hall–Kier alpha value is -2.93. The van der Waals surface area contributed by atoms with Crippen molar-refractivity contribution < 1.29 is 4.79 Å². The Bertz CT molecular complexity index is 818. The van der Waals surface area contributed by atoms with Crippen molar-refractivity contribution in [2.45, 2.75) is 13.0 Å². The van der Waals surface area contributed by atoms with Gasteiger partial charge < -0.3 is 10.6 Å². The van der Waals surface area contributed by atoms with Crippen LogP contribution in [0.3, 0.4) is 0 Å². The molecule has 2 amide bonds. The molecule has 0 aliphatic carbocycles. The normalized spacial score (nSPS) is 11.8. The van der Waals surface area contributed by atoms with Crippen molar-refractivity contribution in [3.8, 4) is 11.4 Å². The standard InChI is InChI=1S/C16H15ClN6O/c1-10(19-16(24)20-13-6-4-12(17)5-7-13)14-21-15(23-22-14)11-3-2-8-18-9-11/h2-10H,1H3,(H2,19,20,24)(H,21,22,23)/t10-/m0/s1. The summed E-state index contributed by atoms with van der Waals surface area (Å²) in [4.78, 5) is 20.4. The van der Waals surface area contributed by atoms with Crippen LogP contribution in [0.1, 0.15) is 18.8 Å². The number of amides is 2. The van der Waals surface area contributed by atoms with Crippen LogP contribution >= 0.6 is 11.6 Å². The molecule has 8 heteroatoms. The van der Waals surface area contributed by atoms with Gasteiger partial charge in [0.2, 0.25) is 0 Å². The Balaban J connectivity index is 1.62. The van der Waals surface area contributed by atoms with E-state index in [1.807, 2.05) is 19.1 Å². The van der Waals surface area contributed by atoms with Gasteiger partial charge in [0.15, 0.2) is 5.82 Å². The number of aromatic nitrogens is 4. The number of H-pyrrole nitrogens is 1. The number of hydrogen-bond acceptors (Lipinski definition) is 4. The van der Waals surface area contributed by atoms with Gasteiger partial charge in [-0.05, 0) is 43.3 Å². The number of carbonyl (C=O) groups is 1. The van der Waals surface area contributed by atoms with Crippen LogP contribution in [0.25, 0.3) is 11.4 Å². The lowest BCUT2D eigenvalue weighted by Gasteiger charge is -2.12. The van der Waals surface area contributed by atoms with Crippen LogP contribution in [0.4, 0.5) is 10.5 Å². The molecule has 7 nitrogen and oxygen atoms in total. The maximum Gasteiger partial charge on any atom is 0.319 e. The molecule has 24 heavy (non-hydrogen) atoms. The van der Waals surface area contributed by atoms with Gasteiger partial charge in [0, 0.05) is 28.7 Å². The molecule has 3 N–H and O–H groups in total. The van der Waals surface area contributed by atoms with Crippen LogP contribution in [0.5, 0.6) is 0 Å². The number of rotatable bonds is 4. The second-order valence-electron chi connectivity index (χ2n) is 5.11. The molecule has 0 saturated heterocycles. The lowest BCUT2D eigenvalue weighted by Crippen LogP contribution is -2.31. The van der Waals surface area contributed by atoms with Gasteiger partial charge in [-0.25, -0.2) is 9.78 Å². The third-order valence-corrected chi connectivity index (χ3v) is 3.53. The van der Waals surface area contributed by atoms with Crippen molar-refractivity contribution in [1.82, 2.24) is 25.5 Å². The predicted octanol–water partition coefficient (Wildman–Crippen LogP) is 3.40. The molecule has 2 aromatic heterocycles. The van der Waals surface area contributed by atoms with E-state index in [2.05, 4.69) is 30.8 Å². The summed E-state index contributed by atoms with van der Waals surface area (Å²) < 4.78 is 0. The molecule has 1 atom stereocenters. The summed E-state index contributed by atoms with van der Waals surface area (Å²) in [6.07, 6.45) is 3.36. The largest absolute Gasteiger partial charge is 0.328 e. The Morgan fingerprint density at radius 2 is 2.04 bits per heavy atom. The summed E-state index contributed by atoms with van der Waals surface area (Å²) >= 11 is 5.81. The third kappa shape index (κ3) is 3.88. The molecule has 0 fully saturated rings. The Labute approximate surface area is 143 Å². The number of benzene rings is 1. The van der Waals surface area contributed by atoms with Crippen molar-refractivity contribution in [1.29, 1.82) is 0 Å². The molecule has 0 radical (unpaired) electrons. The molecule has 0 unspecified atom stereocenters. The first kappa shape index (κ1) is 15.9. The molecule has 0 saturated carbocycles. The first-order valence-electron chi connectivity index (χ1n) is 7.27. The van der Waals surface area contributed by atoms with Crippen LogP contribution in [0.15, 0.2) is 48.8 Å². The first-order chi connectivity index (χ1) is 11.6. The van der Waals surface area contributed by atoms with E-state index in [0.29, 0.717) is 22.4 Å². The fourth-order valence-corrected chi connectivity index (χ4v) is 2.18. The lowest BCUT2D eigenvalue weighted by molar-refractivity contribution is 0.249. The van der Waals surface area contributed by atoms with E-state index in [4.69, 9.17) is 11.6 Å². The average molecular weight is 343 g/mol. The summed E-state index contributed by atoms with van der Waals surface area (Å²) in [5, 5.41) is 13.1. The van der Waals surface area contributed by atoms with Gasteiger partial charge in [0.05, 0.1) is 6.04 Å². The molecule has 2 heterocycles. The molecule has 1 aromatic carbocycles. The number of pyridine rings is 1. The minimum atomic E-state index is -0.343. The van der Waals surface area contributed by atoms with Crippen molar-refractivity contribution in [2.24, 2.45) is 0 Å². The summed E-state index contributed by atoms with van der Waals surface area (Å²) in [5.41, 5.74) is 1.45. The van der Waals surface area contributed by atoms with E-state index in [0.717, 1.165) is 5.56 Å². The van der Waals surface area contributed by atoms with Gasteiger partial charge in [0.1, 0.15) is 5.82 Å². The Kier molecular flexibility index (Phi) is 4.72. The quantitative estimate of drug-likeness (QED) is 0.677. The van der Waals surface area contributed by atoms with E-state index < -0.39 is 0 Å². The Morgan fingerprint density at radius 3 is 2.75 bits per heavy atom. The van der Waals surface area contributed by atoms with E-state index in [1.54, 1.807) is 36.7 Å². The van der Waals surface area contributed by atoms with Crippen molar-refractivity contribution >= 4 is 23.3 Å². The number of nitrogens with zero attached hydrogens (tertiary/aromatic N) is 3. The van der Waals surface area contributed by atoms with E-state index >= 15 is 0 Å². The molecule has 3 aromatic rings. The van der Waals surface area contributed by atoms with E-state index in [-0.39, 0.29) is 12.1 Å². The number of hydrogen-bond donors (Lipinski definition) is 3. The highest BCUT2D eigenvalue weighted by molar-refractivity contribution is 6.30. The summed E-state index contributed by atoms with van der Waals surface area (Å²) in [6.45, 7) is 1.81. The van der Waals surface area contributed by atoms with Gasteiger partial charge in [-0.3, -0.25) is 10.1 Å². The van der Waals surface area contributed by atoms with Crippen LogP contribution < -0.4 is 10.6 Å². The summed E-state index contributed by atoms with van der Waals surface area (Å²) in [6, 6.07) is 9.86. The van der Waals surface area contributed by atoms with Crippen LogP contribution in [0, 0.1) is 0 Å². The van der Waals surface area contributed by atoms with Crippen molar-refractivity contribution in [2.75, 3.05) is 5.32 Å². The van der Waals surface area contributed by atoms with Gasteiger partial charge >= 0.3 is 6.03 Å². The second kappa shape index (κ2) is 7.10. The molecule has 0 aliphatic rings. The lowest BCUT2D eigenvalue weighted by atomic mass is 10.3. The maximum absolute atomic E-state index is 12.0. The Morgan fingerprint density at radius 1 is 1.25 bits per heavy atom. The number of halogens is 1. The second-order valence-corrected chi connectivity index (χ2v) is 5.55. The number of carbonyl (C=O) groups excluding carboxylic acids is 1. The molecule has 0 aliphatic heterocycles. The minimum Gasteiger partial charge on any atom is -0.328 e. The molecule has 0 spiro atoms. The van der Waals surface area contributed by atoms with E-state index in [1.165, 1.54) is 0 Å². The minimum absolute atomic E-state index is 0.338. The van der Waals surface area contributed by atoms with Gasteiger partial charge in [-0.2, -0.15) is 5.10 Å². The predicted molar refractivity (Wildman–Crippen MR) is 91.6 cm³/mol. The van der Waals surface area contributed by atoms with Crippen LogP contribution in [-0.4, -0.2) is 26.2 Å². The highest BCUT2D eigenvalue weighted by Gasteiger charge is 2.14. The number of nitrogens with one attached hydrogen (secondary N) is 3. The highest BCUT2D eigenvalue weighted by Crippen LogP contribution is 2.16. The summed E-state index contributed by atoms with van der Waals surface area (Å²) in [7, 11) is 0. The summed E-state index contributed by atoms with van der Waals surface area (Å²) in [5.74, 6) is 1.09.